The topological polar surface area (TPSA) is 58.2 Å². The van der Waals surface area contributed by atoms with Gasteiger partial charge in [-0.05, 0) is 18.1 Å². The number of aryl methyl sites for hydroxylation is 1. The van der Waals surface area contributed by atoms with Crippen LogP contribution >= 0.6 is 24.4 Å². The van der Waals surface area contributed by atoms with Gasteiger partial charge in [0.05, 0.1) is 0 Å². The lowest BCUT2D eigenvalue weighted by molar-refractivity contribution is -0.130. The monoisotopic (exact) mass is 416 g/mol. The number of hydrogen-bond donors (Lipinski definition) is 3. The molecule has 0 fully saturated rings. The minimum absolute atomic E-state index is 0.147. The Hall–Kier alpha value is -1.92. The first-order chi connectivity index (χ1) is 13.5. The molecule has 2 unspecified atom stereocenters. The molecule has 2 N–H and O–H groups in total. The third-order valence-electron chi connectivity index (χ3n) is 4.34. The van der Waals surface area contributed by atoms with Gasteiger partial charge in [-0.15, -0.1) is 0 Å². The molecule has 0 saturated carbocycles. The first-order valence-corrected chi connectivity index (χ1v) is 11.1. The van der Waals surface area contributed by atoms with Crippen molar-refractivity contribution >= 4 is 36.2 Å². The van der Waals surface area contributed by atoms with E-state index in [9.17, 15) is 9.59 Å². The standard InChI is InChI=1S/C22H28N2O2S2/c1-16-8-10-19(11-9-16)14-28-15-20(24-21(25)17(2)13-27)22(26)23-12-18-6-4-3-5-7-18/h3-11,17,20,27H,12-15H2,1-2H3,(H,23,26)(H,24,25). The molecule has 2 atom stereocenters. The lowest BCUT2D eigenvalue weighted by Crippen LogP contribution is -2.49. The Balaban J connectivity index is 1.93. The molecule has 0 aliphatic carbocycles. The van der Waals surface area contributed by atoms with Gasteiger partial charge in [0.2, 0.25) is 11.8 Å². The van der Waals surface area contributed by atoms with Crippen molar-refractivity contribution < 1.29 is 9.59 Å². The van der Waals surface area contributed by atoms with Crippen molar-refractivity contribution in [2.24, 2.45) is 5.92 Å². The second-order valence-corrected chi connectivity index (χ2v) is 8.24. The predicted octanol–water partition coefficient (Wildman–Crippen LogP) is 3.60. The molecule has 0 radical (unpaired) electrons. The Morgan fingerprint density at radius 2 is 1.68 bits per heavy atom. The van der Waals surface area contributed by atoms with Crippen LogP contribution in [0, 0.1) is 12.8 Å². The van der Waals surface area contributed by atoms with Gasteiger partial charge in [-0.1, -0.05) is 67.1 Å². The lowest BCUT2D eigenvalue weighted by atomic mass is 10.2. The Labute approximate surface area is 177 Å². The Kier molecular flexibility index (Phi) is 9.44. The van der Waals surface area contributed by atoms with Gasteiger partial charge in [-0.3, -0.25) is 9.59 Å². The van der Waals surface area contributed by atoms with Gasteiger partial charge < -0.3 is 10.6 Å². The van der Waals surface area contributed by atoms with Crippen LogP contribution in [0.15, 0.2) is 54.6 Å². The van der Waals surface area contributed by atoms with Crippen molar-refractivity contribution in [2.45, 2.75) is 32.2 Å². The summed E-state index contributed by atoms with van der Waals surface area (Å²) in [6, 6.07) is 17.5. The SMILES string of the molecule is Cc1ccc(CSCC(NC(=O)C(C)CS)C(=O)NCc2ccccc2)cc1. The van der Waals surface area contributed by atoms with Crippen LogP contribution in [0.4, 0.5) is 0 Å². The summed E-state index contributed by atoms with van der Waals surface area (Å²) in [6.45, 7) is 4.31. The molecule has 2 aromatic carbocycles. The summed E-state index contributed by atoms with van der Waals surface area (Å²) in [5.74, 6) is 1.20. The minimum Gasteiger partial charge on any atom is -0.350 e. The van der Waals surface area contributed by atoms with Crippen molar-refractivity contribution in [2.75, 3.05) is 11.5 Å². The molecule has 4 nitrogen and oxygen atoms in total. The van der Waals surface area contributed by atoms with E-state index in [1.54, 1.807) is 18.7 Å². The molecule has 0 aliphatic heterocycles. The molecule has 6 heteroatoms. The molecular weight excluding hydrogens is 388 g/mol. The van der Waals surface area contributed by atoms with Crippen LogP contribution < -0.4 is 10.6 Å². The van der Waals surface area contributed by atoms with Crippen molar-refractivity contribution in [1.29, 1.82) is 0 Å². The smallest absolute Gasteiger partial charge is 0.243 e. The molecule has 0 heterocycles. The Morgan fingerprint density at radius 3 is 2.32 bits per heavy atom. The summed E-state index contributed by atoms with van der Waals surface area (Å²) >= 11 is 5.81. The molecule has 0 bridgehead atoms. The third kappa shape index (κ3) is 7.60. The molecule has 28 heavy (non-hydrogen) atoms. The van der Waals surface area contributed by atoms with Crippen molar-refractivity contribution in [3.8, 4) is 0 Å². The summed E-state index contributed by atoms with van der Waals surface area (Å²) in [5, 5.41) is 5.81. The number of amides is 2. The van der Waals surface area contributed by atoms with Gasteiger partial charge in [0.15, 0.2) is 0 Å². The van der Waals surface area contributed by atoms with E-state index in [2.05, 4.69) is 54.5 Å². The van der Waals surface area contributed by atoms with E-state index in [4.69, 9.17) is 0 Å². The van der Waals surface area contributed by atoms with E-state index in [1.165, 1.54) is 11.1 Å². The van der Waals surface area contributed by atoms with E-state index in [0.717, 1.165) is 11.3 Å². The number of thioether (sulfide) groups is 1. The summed E-state index contributed by atoms with van der Waals surface area (Å²) in [5.41, 5.74) is 3.45. The van der Waals surface area contributed by atoms with Crippen LogP contribution in [0.5, 0.6) is 0 Å². The van der Waals surface area contributed by atoms with Crippen molar-refractivity contribution in [3.05, 3.63) is 71.3 Å². The van der Waals surface area contributed by atoms with Crippen LogP contribution in [0.2, 0.25) is 0 Å². The van der Waals surface area contributed by atoms with E-state index in [0.29, 0.717) is 18.1 Å². The van der Waals surface area contributed by atoms with Crippen LogP contribution in [-0.2, 0) is 21.9 Å². The fourth-order valence-corrected chi connectivity index (χ4v) is 3.65. The molecule has 150 valence electrons. The van der Waals surface area contributed by atoms with Crippen LogP contribution in [-0.4, -0.2) is 29.4 Å². The molecule has 2 rings (SSSR count). The summed E-state index contributed by atoms with van der Waals surface area (Å²) in [4.78, 5) is 25.0. The average molecular weight is 417 g/mol. The fraction of sp³-hybridized carbons (Fsp3) is 0.364. The van der Waals surface area contributed by atoms with Crippen LogP contribution in [0.25, 0.3) is 0 Å². The number of nitrogens with one attached hydrogen (secondary N) is 2. The highest BCUT2D eigenvalue weighted by Crippen LogP contribution is 2.14. The first-order valence-electron chi connectivity index (χ1n) is 9.35. The van der Waals surface area contributed by atoms with Crippen LogP contribution in [0.1, 0.15) is 23.6 Å². The highest BCUT2D eigenvalue weighted by molar-refractivity contribution is 7.98. The molecule has 2 aromatic rings. The number of hydrogen-bond acceptors (Lipinski definition) is 4. The molecule has 2 amide bonds. The number of carbonyl (C=O) groups excluding carboxylic acids is 2. The van der Waals surface area contributed by atoms with E-state index >= 15 is 0 Å². The van der Waals surface area contributed by atoms with Gasteiger partial charge in [-0.25, -0.2) is 0 Å². The zero-order chi connectivity index (χ0) is 20.4. The molecule has 0 spiro atoms. The normalized spacial score (nSPS) is 12.8. The highest BCUT2D eigenvalue weighted by atomic mass is 32.2. The van der Waals surface area contributed by atoms with Gasteiger partial charge in [0.25, 0.3) is 0 Å². The molecule has 0 aromatic heterocycles. The number of carbonyl (C=O) groups is 2. The van der Waals surface area contributed by atoms with Gasteiger partial charge in [0, 0.05) is 29.7 Å². The molecule has 0 aliphatic rings. The minimum atomic E-state index is -0.575. The first kappa shape index (κ1) is 22.4. The molecule has 0 saturated heterocycles. The van der Waals surface area contributed by atoms with Gasteiger partial charge in [0.1, 0.15) is 6.04 Å². The largest absolute Gasteiger partial charge is 0.350 e. The lowest BCUT2D eigenvalue weighted by Gasteiger charge is -2.20. The molecular formula is C22H28N2O2S2. The highest BCUT2D eigenvalue weighted by Gasteiger charge is 2.23. The van der Waals surface area contributed by atoms with Crippen LogP contribution in [0.3, 0.4) is 0 Å². The number of rotatable bonds is 10. The number of thiol groups is 1. The quantitative estimate of drug-likeness (QED) is 0.519. The Morgan fingerprint density at radius 1 is 1.00 bits per heavy atom. The van der Waals surface area contributed by atoms with Gasteiger partial charge in [-0.2, -0.15) is 24.4 Å². The zero-order valence-corrected chi connectivity index (χ0v) is 18.1. The van der Waals surface area contributed by atoms with E-state index in [1.807, 2.05) is 30.3 Å². The maximum atomic E-state index is 12.7. The number of benzene rings is 2. The van der Waals surface area contributed by atoms with E-state index < -0.39 is 6.04 Å². The second-order valence-electron chi connectivity index (χ2n) is 6.85. The maximum absolute atomic E-state index is 12.7. The second kappa shape index (κ2) is 11.8. The predicted molar refractivity (Wildman–Crippen MR) is 121 cm³/mol. The summed E-state index contributed by atoms with van der Waals surface area (Å²) < 4.78 is 0. The summed E-state index contributed by atoms with van der Waals surface area (Å²) in [6.07, 6.45) is 0. The third-order valence-corrected chi connectivity index (χ3v) is 5.99. The fourth-order valence-electron chi connectivity index (χ4n) is 2.47. The van der Waals surface area contributed by atoms with E-state index in [-0.39, 0.29) is 17.7 Å². The maximum Gasteiger partial charge on any atom is 0.243 e. The van der Waals surface area contributed by atoms with Gasteiger partial charge >= 0.3 is 0 Å². The Bertz CT molecular complexity index is 751. The average Bonchev–Trinajstić information content (AvgIpc) is 2.72. The summed E-state index contributed by atoms with van der Waals surface area (Å²) in [7, 11) is 0. The van der Waals surface area contributed by atoms with Crippen molar-refractivity contribution in [3.63, 3.8) is 0 Å². The van der Waals surface area contributed by atoms with Crippen molar-refractivity contribution in [1.82, 2.24) is 10.6 Å². The zero-order valence-electron chi connectivity index (χ0n) is 16.4.